The molecule has 2 aliphatic rings. The molecule has 2 fully saturated rings. The Balaban J connectivity index is 1.41. The number of nitrogens with one attached hydrogen (secondary N) is 2. The number of imidazole rings is 1. The second-order valence-corrected chi connectivity index (χ2v) is 9.79. The van der Waals surface area contributed by atoms with Crippen molar-refractivity contribution in [1.29, 1.82) is 0 Å². The van der Waals surface area contributed by atoms with Gasteiger partial charge in [0, 0.05) is 31.6 Å². The number of hydrogen-bond donors (Lipinski definition) is 2. The van der Waals surface area contributed by atoms with E-state index >= 15 is 0 Å². The monoisotopic (exact) mass is 484 g/mol. The molecule has 0 spiro atoms. The van der Waals surface area contributed by atoms with Crippen molar-refractivity contribution in [3.05, 3.63) is 87.3 Å². The van der Waals surface area contributed by atoms with Gasteiger partial charge in [-0.05, 0) is 43.4 Å². The van der Waals surface area contributed by atoms with Crippen molar-refractivity contribution < 1.29 is 4.79 Å². The number of piperidine rings is 1. The van der Waals surface area contributed by atoms with Crippen LogP contribution in [-0.4, -0.2) is 42.0 Å². The van der Waals surface area contributed by atoms with Gasteiger partial charge in [-0.25, -0.2) is 14.3 Å². The highest BCUT2D eigenvalue weighted by atomic mass is 16.2. The molecule has 1 amide bonds. The molecule has 2 aromatic carbocycles. The molecule has 2 saturated heterocycles. The Kier molecular flexibility index (Phi) is 5.56. The van der Waals surface area contributed by atoms with E-state index in [-0.39, 0.29) is 17.5 Å². The van der Waals surface area contributed by atoms with Crippen LogP contribution in [0.3, 0.4) is 0 Å². The molecule has 9 nitrogen and oxygen atoms in total. The second-order valence-electron chi connectivity index (χ2n) is 9.79. The summed E-state index contributed by atoms with van der Waals surface area (Å²) in [7, 11) is 0. The first kappa shape index (κ1) is 22.5. The molecule has 0 radical (unpaired) electrons. The fraction of sp³-hybridized carbons (Fsp3) is 0.333. The summed E-state index contributed by atoms with van der Waals surface area (Å²) in [6, 6.07) is 18.6. The van der Waals surface area contributed by atoms with Crippen molar-refractivity contribution in [1.82, 2.24) is 24.0 Å². The summed E-state index contributed by atoms with van der Waals surface area (Å²) in [5.41, 5.74) is 1.91. The lowest BCUT2D eigenvalue weighted by Gasteiger charge is -2.39. The summed E-state index contributed by atoms with van der Waals surface area (Å²) < 4.78 is 3.47. The first-order valence-corrected chi connectivity index (χ1v) is 12.4. The summed E-state index contributed by atoms with van der Waals surface area (Å²) in [6.45, 7) is 2.35. The van der Waals surface area contributed by atoms with E-state index in [9.17, 15) is 14.4 Å². The van der Waals surface area contributed by atoms with Crippen molar-refractivity contribution in [3.8, 4) is 5.69 Å². The van der Waals surface area contributed by atoms with Crippen molar-refractivity contribution in [2.45, 2.75) is 57.3 Å². The number of carbonyl (C=O) groups excluding carboxylic acids is 1. The van der Waals surface area contributed by atoms with Crippen molar-refractivity contribution in [2.75, 3.05) is 5.32 Å². The van der Waals surface area contributed by atoms with Crippen molar-refractivity contribution in [2.24, 2.45) is 0 Å². The minimum absolute atomic E-state index is 0.111. The lowest BCUT2D eigenvalue weighted by molar-refractivity contribution is -0.114. The quantitative estimate of drug-likeness (QED) is 0.453. The minimum atomic E-state index is -0.559. The Morgan fingerprint density at radius 1 is 1.00 bits per heavy atom. The number of H-pyrrole nitrogens is 1. The molecule has 2 aromatic heterocycles. The van der Waals surface area contributed by atoms with Crippen LogP contribution in [0.5, 0.6) is 0 Å². The first-order chi connectivity index (χ1) is 17.5. The van der Waals surface area contributed by atoms with E-state index in [4.69, 9.17) is 0 Å². The van der Waals surface area contributed by atoms with Gasteiger partial charge in [0.2, 0.25) is 5.91 Å². The second kappa shape index (κ2) is 8.91. The molecule has 4 heterocycles. The predicted octanol–water partition coefficient (Wildman–Crippen LogP) is 3.20. The van der Waals surface area contributed by atoms with Gasteiger partial charge < -0.3 is 9.88 Å². The summed E-state index contributed by atoms with van der Waals surface area (Å²) >= 11 is 0. The summed E-state index contributed by atoms with van der Waals surface area (Å²) in [5, 5.41) is 2.80. The maximum Gasteiger partial charge on any atom is 0.334 e. The van der Waals surface area contributed by atoms with Gasteiger partial charge in [-0.1, -0.05) is 42.5 Å². The molecule has 36 heavy (non-hydrogen) atoms. The number of amides is 1. The number of aromatic nitrogens is 4. The zero-order chi connectivity index (χ0) is 24.8. The number of benzene rings is 2. The van der Waals surface area contributed by atoms with Gasteiger partial charge >= 0.3 is 5.69 Å². The minimum Gasteiger partial charge on any atom is -0.325 e. The van der Waals surface area contributed by atoms with E-state index in [1.807, 2.05) is 10.6 Å². The molecular weight excluding hydrogens is 456 g/mol. The van der Waals surface area contributed by atoms with Gasteiger partial charge in [0.1, 0.15) is 0 Å². The third-order valence-corrected chi connectivity index (χ3v) is 7.53. The third kappa shape index (κ3) is 3.85. The molecule has 2 atom stereocenters. The Morgan fingerprint density at radius 3 is 2.42 bits per heavy atom. The number of nitrogens with zero attached hydrogens (tertiary/aromatic N) is 4. The largest absolute Gasteiger partial charge is 0.334 e. The zero-order valence-electron chi connectivity index (χ0n) is 20.1. The summed E-state index contributed by atoms with van der Waals surface area (Å²) in [4.78, 5) is 47.1. The topological polar surface area (TPSA) is 105 Å². The summed E-state index contributed by atoms with van der Waals surface area (Å²) in [6.07, 6.45) is 5.80. The molecule has 0 saturated carbocycles. The lowest BCUT2D eigenvalue weighted by Crippen LogP contribution is -2.43. The van der Waals surface area contributed by atoms with Crippen LogP contribution in [0.2, 0.25) is 0 Å². The van der Waals surface area contributed by atoms with Gasteiger partial charge in [0.25, 0.3) is 5.56 Å². The number of rotatable bonds is 5. The van der Waals surface area contributed by atoms with Crippen LogP contribution in [0.4, 0.5) is 5.69 Å². The Labute approximate surface area is 207 Å². The number of hydrogen-bond acceptors (Lipinski definition) is 5. The highest BCUT2D eigenvalue weighted by Gasteiger charge is 2.41. The molecule has 4 aromatic rings. The highest BCUT2D eigenvalue weighted by Crippen LogP contribution is 2.42. The van der Waals surface area contributed by atoms with Crippen LogP contribution in [0, 0.1) is 0 Å². The normalized spacial score (nSPS) is 21.6. The number of aromatic amines is 1. The molecular formula is C27H28N6O3. The number of carbonyl (C=O) groups is 1. The first-order valence-electron chi connectivity index (χ1n) is 12.4. The number of anilines is 1. The average Bonchev–Trinajstić information content (AvgIpc) is 3.38. The van der Waals surface area contributed by atoms with E-state index < -0.39 is 11.2 Å². The third-order valence-electron chi connectivity index (χ3n) is 7.53. The highest BCUT2D eigenvalue weighted by molar-refractivity contribution is 5.91. The van der Waals surface area contributed by atoms with E-state index in [0.29, 0.717) is 29.1 Å². The van der Waals surface area contributed by atoms with E-state index in [1.165, 1.54) is 17.1 Å². The van der Waals surface area contributed by atoms with Crippen LogP contribution >= 0.6 is 0 Å². The molecule has 2 bridgehead atoms. The maximum absolute atomic E-state index is 13.2. The smallest absolute Gasteiger partial charge is 0.325 e. The zero-order valence-corrected chi connectivity index (χ0v) is 20.1. The Bertz CT molecular complexity index is 1540. The van der Waals surface area contributed by atoms with Crippen LogP contribution < -0.4 is 16.6 Å². The van der Waals surface area contributed by atoms with E-state index in [1.54, 1.807) is 30.6 Å². The van der Waals surface area contributed by atoms with Gasteiger partial charge in [-0.15, -0.1) is 0 Å². The van der Waals surface area contributed by atoms with Crippen molar-refractivity contribution in [3.63, 3.8) is 0 Å². The van der Waals surface area contributed by atoms with Crippen molar-refractivity contribution >= 4 is 22.8 Å². The Morgan fingerprint density at radius 2 is 1.69 bits per heavy atom. The lowest BCUT2D eigenvalue weighted by atomic mass is 9.96. The van der Waals surface area contributed by atoms with E-state index in [0.717, 1.165) is 32.2 Å². The van der Waals surface area contributed by atoms with Crippen LogP contribution in [0.15, 0.2) is 70.5 Å². The van der Waals surface area contributed by atoms with Gasteiger partial charge in [0.15, 0.2) is 11.2 Å². The van der Waals surface area contributed by atoms with E-state index in [2.05, 4.69) is 44.5 Å². The average molecular weight is 485 g/mol. The van der Waals surface area contributed by atoms with Gasteiger partial charge in [-0.2, -0.15) is 0 Å². The molecule has 184 valence electrons. The maximum atomic E-state index is 13.2. The number of fused-ring (bicyclic) bond motifs is 3. The predicted molar refractivity (Wildman–Crippen MR) is 137 cm³/mol. The van der Waals surface area contributed by atoms with Gasteiger partial charge in [-0.3, -0.25) is 19.5 Å². The molecule has 2 unspecified atom stereocenters. The molecule has 2 N–H and O–H groups in total. The fourth-order valence-electron chi connectivity index (χ4n) is 6.02. The molecule has 9 heteroatoms. The summed E-state index contributed by atoms with van der Waals surface area (Å²) in [5.74, 6) is -0.243. The standard InChI is InChI=1S/C27H28N6O3/c1-17(34)29-22-9-5-6-10-23(22)33-26-24(25(35)30-27(33)36)28-16-32(26)21-13-19-11-12-20(14-21)31(19)15-18-7-3-2-4-8-18/h2-10,16,19-21H,11-15H2,1H3,(H,29,34)(H,30,35,36). The molecule has 0 aliphatic carbocycles. The Hall–Kier alpha value is -3.98. The van der Waals surface area contributed by atoms with Crippen LogP contribution in [0.25, 0.3) is 16.9 Å². The van der Waals surface area contributed by atoms with Gasteiger partial charge in [0.05, 0.1) is 17.7 Å². The van der Waals surface area contributed by atoms with Crippen LogP contribution in [0.1, 0.15) is 44.2 Å². The fourth-order valence-corrected chi connectivity index (χ4v) is 6.02. The number of para-hydroxylation sites is 2. The molecule has 6 rings (SSSR count). The molecule has 2 aliphatic heterocycles. The van der Waals surface area contributed by atoms with Crippen LogP contribution in [-0.2, 0) is 11.3 Å². The SMILES string of the molecule is CC(=O)Nc1ccccc1-n1c(=O)[nH]c(=O)c2ncn(C3CC4CCC(C3)N4Cc3ccccc3)c21.